The molecule has 1 aromatic carbocycles. The lowest BCUT2D eigenvalue weighted by Gasteiger charge is -2.09. The normalized spacial score (nSPS) is 10.2. The van der Waals surface area contributed by atoms with Crippen molar-refractivity contribution in [1.82, 2.24) is 9.97 Å². The van der Waals surface area contributed by atoms with Gasteiger partial charge in [-0.3, -0.25) is 4.79 Å². The van der Waals surface area contributed by atoms with Gasteiger partial charge in [0.15, 0.2) is 0 Å². The van der Waals surface area contributed by atoms with Gasteiger partial charge in [0.05, 0.1) is 6.61 Å². The zero-order valence-corrected chi connectivity index (χ0v) is 9.64. The molecule has 0 saturated heterocycles. The van der Waals surface area contributed by atoms with Crippen LogP contribution in [0.1, 0.15) is 13.3 Å². The number of nitrogens with zero attached hydrogens (tertiary/aromatic N) is 1. The van der Waals surface area contributed by atoms with Gasteiger partial charge in [-0.2, -0.15) is 0 Å². The van der Waals surface area contributed by atoms with Crippen molar-refractivity contribution < 1.29 is 4.74 Å². The highest BCUT2D eigenvalue weighted by Gasteiger charge is 2.09. The van der Waals surface area contributed by atoms with Gasteiger partial charge < -0.3 is 9.72 Å². The van der Waals surface area contributed by atoms with E-state index in [2.05, 4.69) is 9.97 Å². The number of nitrogens with one attached hydrogen (secondary N) is 1. The number of rotatable bonds is 4. The monoisotopic (exact) mass is 230 g/mol. The van der Waals surface area contributed by atoms with Gasteiger partial charge >= 0.3 is 0 Å². The van der Waals surface area contributed by atoms with Crippen LogP contribution in [0.3, 0.4) is 0 Å². The number of hydrogen-bond donors (Lipinski definition) is 1. The van der Waals surface area contributed by atoms with Crippen molar-refractivity contribution >= 4 is 0 Å². The molecule has 0 atom stereocenters. The highest BCUT2D eigenvalue weighted by molar-refractivity contribution is 5.66. The lowest BCUT2D eigenvalue weighted by molar-refractivity contribution is 0.318. The van der Waals surface area contributed by atoms with Crippen LogP contribution < -0.4 is 10.3 Å². The second-order valence-corrected chi connectivity index (χ2v) is 3.61. The number of ether oxygens (including phenoxy) is 1. The van der Waals surface area contributed by atoms with Gasteiger partial charge in [0.1, 0.15) is 11.4 Å². The molecule has 2 rings (SSSR count). The van der Waals surface area contributed by atoms with Crippen molar-refractivity contribution in [3.63, 3.8) is 0 Å². The van der Waals surface area contributed by atoms with E-state index in [1.165, 1.54) is 6.20 Å². The summed E-state index contributed by atoms with van der Waals surface area (Å²) in [5.74, 6) is 0.693. The van der Waals surface area contributed by atoms with E-state index in [-0.39, 0.29) is 5.56 Å². The Morgan fingerprint density at radius 2 is 2.18 bits per heavy atom. The van der Waals surface area contributed by atoms with Crippen molar-refractivity contribution in [2.24, 2.45) is 0 Å². The first-order chi connectivity index (χ1) is 8.33. The van der Waals surface area contributed by atoms with E-state index in [0.29, 0.717) is 18.1 Å². The minimum atomic E-state index is -0.208. The lowest BCUT2D eigenvalue weighted by Crippen LogP contribution is -2.10. The molecular weight excluding hydrogens is 216 g/mol. The highest BCUT2D eigenvalue weighted by atomic mass is 16.5. The molecule has 88 valence electrons. The van der Waals surface area contributed by atoms with Gasteiger partial charge in [-0.25, -0.2) is 4.98 Å². The summed E-state index contributed by atoms with van der Waals surface area (Å²) in [5.41, 5.74) is 0.905. The van der Waals surface area contributed by atoms with Gasteiger partial charge in [-0.1, -0.05) is 19.1 Å². The number of benzene rings is 1. The van der Waals surface area contributed by atoms with Crippen LogP contribution >= 0.6 is 0 Å². The Labute approximate surface area is 99.3 Å². The first-order valence-electron chi connectivity index (χ1n) is 5.59. The molecule has 4 heteroatoms. The molecule has 2 aromatic rings. The van der Waals surface area contributed by atoms with Crippen LogP contribution in [-0.2, 0) is 0 Å². The summed E-state index contributed by atoms with van der Waals surface area (Å²) in [6, 6.07) is 7.43. The van der Waals surface area contributed by atoms with Crippen LogP contribution in [0.2, 0.25) is 0 Å². The molecule has 0 aliphatic heterocycles. The number of aromatic amines is 1. The van der Waals surface area contributed by atoms with Gasteiger partial charge in [0.2, 0.25) is 0 Å². The van der Waals surface area contributed by atoms with Gasteiger partial charge in [-0.15, -0.1) is 0 Å². The van der Waals surface area contributed by atoms with Crippen LogP contribution in [0, 0.1) is 0 Å². The average Bonchev–Trinajstić information content (AvgIpc) is 2.37. The predicted octanol–water partition coefficient (Wildman–Crippen LogP) is 2.23. The molecule has 1 heterocycles. The second kappa shape index (κ2) is 5.30. The number of hydrogen-bond acceptors (Lipinski definition) is 3. The quantitative estimate of drug-likeness (QED) is 0.876. The molecule has 0 radical (unpaired) electrons. The second-order valence-electron chi connectivity index (χ2n) is 3.61. The molecule has 4 nitrogen and oxygen atoms in total. The first kappa shape index (κ1) is 11.4. The van der Waals surface area contributed by atoms with Gasteiger partial charge in [0.25, 0.3) is 5.56 Å². The SMILES string of the molecule is CCCOc1ccccc1-c1ncc[nH]c1=O. The van der Waals surface area contributed by atoms with E-state index in [9.17, 15) is 4.79 Å². The van der Waals surface area contributed by atoms with Crippen molar-refractivity contribution in [2.45, 2.75) is 13.3 Å². The molecule has 1 aromatic heterocycles. The molecule has 0 fully saturated rings. The summed E-state index contributed by atoms with van der Waals surface area (Å²) < 4.78 is 5.60. The molecular formula is C13H14N2O2. The standard InChI is InChI=1S/C13H14N2O2/c1-2-9-17-11-6-4-3-5-10(11)12-13(16)15-8-7-14-12/h3-8H,2,9H2,1H3,(H,15,16). The molecule has 0 amide bonds. The van der Waals surface area contributed by atoms with Crippen LogP contribution in [0.15, 0.2) is 41.5 Å². The smallest absolute Gasteiger partial charge is 0.274 e. The van der Waals surface area contributed by atoms with E-state index in [1.54, 1.807) is 6.20 Å². The van der Waals surface area contributed by atoms with Crippen LogP contribution in [0.5, 0.6) is 5.75 Å². The van der Waals surface area contributed by atoms with E-state index in [0.717, 1.165) is 12.0 Å². The zero-order chi connectivity index (χ0) is 12.1. The molecule has 17 heavy (non-hydrogen) atoms. The van der Waals surface area contributed by atoms with E-state index >= 15 is 0 Å². The van der Waals surface area contributed by atoms with Gasteiger partial charge in [-0.05, 0) is 18.6 Å². The Hall–Kier alpha value is -2.10. The molecule has 0 aliphatic rings. The van der Waals surface area contributed by atoms with E-state index in [4.69, 9.17) is 4.74 Å². The van der Waals surface area contributed by atoms with Crippen molar-refractivity contribution in [3.05, 3.63) is 47.0 Å². The Morgan fingerprint density at radius 3 is 2.94 bits per heavy atom. The number of para-hydroxylation sites is 1. The van der Waals surface area contributed by atoms with Crippen LogP contribution in [0.25, 0.3) is 11.3 Å². The summed E-state index contributed by atoms with van der Waals surface area (Å²) in [5, 5.41) is 0. The van der Waals surface area contributed by atoms with Gasteiger partial charge in [0, 0.05) is 18.0 Å². The van der Waals surface area contributed by atoms with Crippen molar-refractivity contribution in [1.29, 1.82) is 0 Å². The Kier molecular flexibility index (Phi) is 3.55. The summed E-state index contributed by atoms with van der Waals surface area (Å²) in [7, 11) is 0. The number of aromatic nitrogens is 2. The third kappa shape index (κ3) is 2.53. The van der Waals surface area contributed by atoms with Crippen molar-refractivity contribution in [3.8, 4) is 17.0 Å². The minimum absolute atomic E-state index is 0.208. The van der Waals surface area contributed by atoms with Crippen molar-refractivity contribution in [2.75, 3.05) is 6.61 Å². The number of H-pyrrole nitrogens is 1. The van der Waals surface area contributed by atoms with Crippen LogP contribution in [-0.4, -0.2) is 16.6 Å². The summed E-state index contributed by atoms with van der Waals surface area (Å²) >= 11 is 0. The minimum Gasteiger partial charge on any atom is -0.493 e. The maximum atomic E-state index is 11.7. The molecule has 0 saturated carbocycles. The summed E-state index contributed by atoms with van der Waals surface area (Å²) in [6.45, 7) is 2.66. The maximum absolute atomic E-state index is 11.7. The van der Waals surface area contributed by atoms with E-state index < -0.39 is 0 Å². The molecule has 0 bridgehead atoms. The highest BCUT2D eigenvalue weighted by Crippen LogP contribution is 2.25. The predicted molar refractivity (Wildman–Crippen MR) is 66.1 cm³/mol. The first-order valence-corrected chi connectivity index (χ1v) is 5.59. The molecule has 0 unspecified atom stereocenters. The fourth-order valence-electron chi connectivity index (χ4n) is 1.54. The lowest BCUT2D eigenvalue weighted by atomic mass is 10.1. The Balaban J connectivity index is 2.45. The molecule has 1 N–H and O–H groups in total. The Bertz CT molecular complexity index is 549. The summed E-state index contributed by atoms with van der Waals surface area (Å²) in [4.78, 5) is 18.4. The Morgan fingerprint density at radius 1 is 1.35 bits per heavy atom. The van der Waals surface area contributed by atoms with E-state index in [1.807, 2.05) is 31.2 Å². The molecule has 0 aliphatic carbocycles. The average molecular weight is 230 g/mol. The third-order valence-electron chi connectivity index (χ3n) is 2.31. The maximum Gasteiger partial charge on any atom is 0.274 e. The van der Waals surface area contributed by atoms with Crippen LogP contribution in [0.4, 0.5) is 0 Å². The largest absolute Gasteiger partial charge is 0.493 e. The third-order valence-corrected chi connectivity index (χ3v) is 2.31. The topological polar surface area (TPSA) is 55.0 Å². The zero-order valence-electron chi connectivity index (χ0n) is 9.64. The fourth-order valence-corrected chi connectivity index (χ4v) is 1.54. The molecule has 0 spiro atoms. The fraction of sp³-hybridized carbons (Fsp3) is 0.231. The summed E-state index contributed by atoms with van der Waals surface area (Å²) in [6.07, 6.45) is 4.00.